The fraction of sp³-hybridized carbons (Fsp3) is 0.381. The van der Waals surface area contributed by atoms with E-state index in [1.807, 2.05) is 30.5 Å². The second kappa shape index (κ2) is 7.50. The highest BCUT2D eigenvalue weighted by Gasteiger charge is 2.24. The van der Waals surface area contributed by atoms with Crippen LogP contribution in [0.15, 0.2) is 49.1 Å². The fourth-order valence-corrected chi connectivity index (χ4v) is 3.79. The summed E-state index contributed by atoms with van der Waals surface area (Å²) >= 11 is 0. The minimum atomic E-state index is 0.636. The van der Waals surface area contributed by atoms with Crippen molar-refractivity contribution in [3.8, 4) is 11.3 Å². The molecule has 7 heteroatoms. The first-order valence-corrected chi connectivity index (χ1v) is 9.93. The predicted molar refractivity (Wildman–Crippen MR) is 108 cm³/mol. The van der Waals surface area contributed by atoms with Crippen LogP contribution >= 0.6 is 0 Å². The van der Waals surface area contributed by atoms with Crippen LogP contribution in [0.5, 0.6) is 0 Å². The SMILES string of the molecule is c1cncc(-c2ccc(N3CCN(c4cc(C5CCC5)ncn4)CC3)nn2)c1. The Kier molecular flexibility index (Phi) is 4.56. The Balaban J connectivity index is 1.23. The van der Waals surface area contributed by atoms with Gasteiger partial charge in [-0.2, -0.15) is 0 Å². The summed E-state index contributed by atoms with van der Waals surface area (Å²) in [7, 11) is 0. The van der Waals surface area contributed by atoms with Gasteiger partial charge >= 0.3 is 0 Å². The lowest BCUT2D eigenvalue weighted by Gasteiger charge is -2.36. The molecule has 0 amide bonds. The van der Waals surface area contributed by atoms with Crippen molar-refractivity contribution in [1.29, 1.82) is 0 Å². The lowest BCUT2D eigenvalue weighted by Crippen LogP contribution is -2.47. The van der Waals surface area contributed by atoms with Gasteiger partial charge in [0.1, 0.15) is 12.1 Å². The molecule has 28 heavy (non-hydrogen) atoms. The van der Waals surface area contributed by atoms with E-state index in [9.17, 15) is 0 Å². The minimum Gasteiger partial charge on any atom is -0.353 e. The highest BCUT2D eigenvalue weighted by molar-refractivity contribution is 5.58. The van der Waals surface area contributed by atoms with Crippen LogP contribution in [-0.4, -0.2) is 51.3 Å². The molecule has 0 atom stereocenters. The lowest BCUT2D eigenvalue weighted by atomic mass is 9.83. The van der Waals surface area contributed by atoms with E-state index in [1.54, 1.807) is 12.5 Å². The summed E-state index contributed by atoms with van der Waals surface area (Å²) in [5.74, 6) is 2.61. The molecule has 2 aliphatic rings. The van der Waals surface area contributed by atoms with E-state index in [0.29, 0.717) is 5.92 Å². The molecule has 3 aromatic rings. The molecule has 0 spiro atoms. The van der Waals surface area contributed by atoms with Crippen molar-refractivity contribution < 1.29 is 0 Å². The summed E-state index contributed by atoms with van der Waals surface area (Å²) in [6, 6.07) is 10.1. The van der Waals surface area contributed by atoms with Gasteiger partial charge in [0.05, 0.1) is 5.69 Å². The Labute approximate surface area is 164 Å². The van der Waals surface area contributed by atoms with Gasteiger partial charge in [-0.1, -0.05) is 6.42 Å². The van der Waals surface area contributed by atoms with Crippen molar-refractivity contribution in [3.05, 3.63) is 54.7 Å². The molecule has 7 nitrogen and oxygen atoms in total. The van der Waals surface area contributed by atoms with Gasteiger partial charge in [0.2, 0.25) is 0 Å². The van der Waals surface area contributed by atoms with Crippen LogP contribution in [0.2, 0.25) is 0 Å². The Hall–Kier alpha value is -3.09. The number of anilines is 2. The smallest absolute Gasteiger partial charge is 0.151 e. The van der Waals surface area contributed by atoms with Crippen LogP contribution in [0.3, 0.4) is 0 Å². The number of hydrogen-bond donors (Lipinski definition) is 0. The van der Waals surface area contributed by atoms with Crippen LogP contribution in [0.25, 0.3) is 11.3 Å². The summed E-state index contributed by atoms with van der Waals surface area (Å²) in [6.07, 6.45) is 9.14. The average Bonchev–Trinajstić information content (AvgIpc) is 2.74. The zero-order valence-electron chi connectivity index (χ0n) is 15.8. The number of nitrogens with zero attached hydrogens (tertiary/aromatic N) is 7. The number of rotatable bonds is 4. The Morgan fingerprint density at radius 3 is 2.32 bits per heavy atom. The third-order valence-corrected chi connectivity index (χ3v) is 5.73. The molecule has 1 aliphatic carbocycles. The molecule has 3 aromatic heterocycles. The molecule has 1 saturated heterocycles. The molecule has 5 rings (SSSR count). The van der Waals surface area contributed by atoms with E-state index in [1.165, 1.54) is 25.0 Å². The summed E-state index contributed by atoms with van der Waals surface area (Å²) in [4.78, 5) is 17.8. The van der Waals surface area contributed by atoms with Crippen molar-refractivity contribution in [2.24, 2.45) is 0 Å². The maximum absolute atomic E-state index is 4.51. The van der Waals surface area contributed by atoms with E-state index in [2.05, 4.69) is 41.0 Å². The highest BCUT2D eigenvalue weighted by Crippen LogP contribution is 2.36. The zero-order chi connectivity index (χ0) is 18.8. The standard InChI is InChI=1S/C21H23N7/c1-3-16(4-1)19-13-21(24-15-23-19)28-11-9-27(10-12-28)20-7-6-18(25-26-20)17-5-2-8-22-14-17/h2,5-8,13-16H,1,3-4,9-12H2. The molecule has 0 unspecified atom stereocenters. The number of hydrogen-bond acceptors (Lipinski definition) is 7. The van der Waals surface area contributed by atoms with Gasteiger partial charge in [0.15, 0.2) is 5.82 Å². The molecule has 1 aliphatic heterocycles. The second-order valence-electron chi connectivity index (χ2n) is 7.42. The molecular formula is C21H23N7. The van der Waals surface area contributed by atoms with Crippen molar-refractivity contribution >= 4 is 11.6 Å². The van der Waals surface area contributed by atoms with Crippen LogP contribution in [0.1, 0.15) is 30.9 Å². The van der Waals surface area contributed by atoms with Crippen LogP contribution < -0.4 is 9.80 Å². The lowest BCUT2D eigenvalue weighted by molar-refractivity contribution is 0.410. The molecule has 1 saturated carbocycles. The third kappa shape index (κ3) is 3.40. The fourth-order valence-electron chi connectivity index (χ4n) is 3.79. The normalized spacial score (nSPS) is 17.4. The first-order chi connectivity index (χ1) is 13.9. The zero-order valence-corrected chi connectivity index (χ0v) is 15.8. The highest BCUT2D eigenvalue weighted by atomic mass is 15.3. The Morgan fingerprint density at radius 1 is 0.857 bits per heavy atom. The Bertz CT molecular complexity index is 917. The largest absolute Gasteiger partial charge is 0.353 e. The van der Waals surface area contributed by atoms with E-state index in [-0.39, 0.29) is 0 Å². The topological polar surface area (TPSA) is 70.9 Å². The predicted octanol–water partition coefficient (Wildman–Crippen LogP) is 2.92. The number of piperazine rings is 1. The first-order valence-electron chi connectivity index (χ1n) is 9.93. The first kappa shape index (κ1) is 17.0. The molecule has 0 bridgehead atoms. The second-order valence-corrected chi connectivity index (χ2v) is 7.42. The van der Waals surface area contributed by atoms with E-state index >= 15 is 0 Å². The summed E-state index contributed by atoms with van der Waals surface area (Å²) in [5, 5.41) is 8.82. The van der Waals surface area contributed by atoms with Crippen LogP contribution in [-0.2, 0) is 0 Å². The maximum atomic E-state index is 4.51. The Morgan fingerprint density at radius 2 is 1.68 bits per heavy atom. The quantitative estimate of drug-likeness (QED) is 0.696. The van der Waals surface area contributed by atoms with Crippen molar-refractivity contribution in [2.75, 3.05) is 36.0 Å². The van der Waals surface area contributed by atoms with E-state index in [4.69, 9.17) is 0 Å². The molecule has 0 N–H and O–H groups in total. The van der Waals surface area contributed by atoms with E-state index in [0.717, 1.165) is 49.1 Å². The van der Waals surface area contributed by atoms with Gasteiger partial charge in [-0.25, -0.2) is 9.97 Å². The van der Waals surface area contributed by atoms with Crippen LogP contribution in [0, 0.1) is 0 Å². The van der Waals surface area contributed by atoms with E-state index < -0.39 is 0 Å². The van der Waals surface area contributed by atoms with Gasteiger partial charge in [-0.15, -0.1) is 10.2 Å². The molecule has 0 aromatic carbocycles. The monoisotopic (exact) mass is 373 g/mol. The van der Waals surface area contributed by atoms with Crippen molar-refractivity contribution in [1.82, 2.24) is 25.1 Å². The minimum absolute atomic E-state index is 0.636. The third-order valence-electron chi connectivity index (χ3n) is 5.73. The molecule has 142 valence electrons. The van der Waals surface area contributed by atoms with Crippen molar-refractivity contribution in [2.45, 2.75) is 25.2 Å². The average molecular weight is 373 g/mol. The number of pyridine rings is 1. The van der Waals surface area contributed by atoms with Crippen LogP contribution in [0.4, 0.5) is 11.6 Å². The molecule has 0 radical (unpaired) electrons. The number of aromatic nitrogens is 5. The maximum Gasteiger partial charge on any atom is 0.151 e. The summed E-state index contributed by atoms with van der Waals surface area (Å²) in [5.41, 5.74) is 3.04. The summed E-state index contributed by atoms with van der Waals surface area (Å²) in [6.45, 7) is 3.66. The van der Waals surface area contributed by atoms with Gasteiger partial charge in [-0.05, 0) is 37.1 Å². The van der Waals surface area contributed by atoms with Crippen molar-refractivity contribution in [3.63, 3.8) is 0 Å². The van der Waals surface area contributed by atoms with Gasteiger partial charge < -0.3 is 9.80 Å². The molecule has 2 fully saturated rings. The van der Waals surface area contributed by atoms with Gasteiger partial charge in [-0.3, -0.25) is 4.98 Å². The molecule has 4 heterocycles. The summed E-state index contributed by atoms with van der Waals surface area (Å²) < 4.78 is 0. The van der Waals surface area contributed by atoms with Gasteiger partial charge in [0, 0.05) is 61.8 Å². The molecular weight excluding hydrogens is 350 g/mol. The van der Waals surface area contributed by atoms with Gasteiger partial charge in [0.25, 0.3) is 0 Å².